The molecule has 3 N–H and O–H groups in total. The highest BCUT2D eigenvalue weighted by molar-refractivity contribution is 6.30. The number of hydrogen-bond donors (Lipinski definition) is 3. The van der Waals surface area contributed by atoms with Crippen molar-refractivity contribution in [2.45, 2.75) is 44.6 Å². The number of nitrogens with one attached hydrogen (secondary N) is 2. The van der Waals surface area contributed by atoms with Gasteiger partial charge in [-0.15, -0.1) is 0 Å². The van der Waals surface area contributed by atoms with Gasteiger partial charge in [0, 0.05) is 23.2 Å². The summed E-state index contributed by atoms with van der Waals surface area (Å²) in [7, 11) is 0. The minimum Gasteiger partial charge on any atom is -0.395 e. The maximum atomic E-state index is 11.9. The summed E-state index contributed by atoms with van der Waals surface area (Å²) in [4.78, 5) is 11.9. The summed E-state index contributed by atoms with van der Waals surface area (Å²) in [5, 5.41) is 15.9. The summed E-state index contributed by atoms with van der Waals surface area (Å²) in [5.74, 6) is 1.20. The van der Waals surface area contributed by atoms with Crippen LogP contribution in [0.15, 0.2) is 48.5 Å². The normalized spacial score (nSPS) is 19.8. The van der Waals surface area contributed by atoms with Crippen molar-refractivity contribution in [3.8, 4) is 0 Å². The molecule has 1 aliphatic rings. The topological polar surface area (TPSA) is 61.4 Å². The molecule has 1 fully saturated rings. The Morgan fingerprint density at radius 3 is 2.69 bits per heavy atom. The molecule has 1 amide bonds. The second-order valence-corrected chi connectivity index (χ2v) is 8.43. The smallest absolute Gasteiger partial charge is 0.251 e. The Hall–Kier alpha value is -1.88. The van der Waals surface area contributed by atoms with E-state index in [4.69, 9.17) is 16.7 Å². The largest absolute Gasteiger partial charge is 0.395 e. The van der Waals surface area contributed by atoms with Gasteiger partial charge < -0.3 is 15.7 Å². The first-order chi connectivity index (χ1) is 14.1. The molecule has 0 radical (unpaired) electrons. The Morgan fingerprint density at radius 1 is 1.17 bits per heavy atom. The first-order valence-electron chi connectivity index (χ1n) is 10.5. The molecular weight excluding hydrogens is 384 g/mol. The molecule has 29 heavy (non-hydrogen) atoms. The lowest BCUT2D eigenvalue weighted by Gasteiger charge is -2.17. The number of carbonyl (C=O) groups excluding carboxylic acids is 1. The van der Waals surface area contributed by atoms with Crippen LogP contribution in [0.4, 0.5) is 0 Å². The van der Waals surface area contributed by atoms with Crippen molar-refractivity contribution in [3.05, 3.63) is 70.2 Å². The Kier molecular flexibility index (Phi) is 8.10. The molecule has 2 aromatic rings. The molecule has 0 bridgehead atoms. The van der Waals surface area contributed by atoms with E-state index >= 15 is 0 Å². The Morgan fingerprint density at radius 2 is 1.97 bits per heavy atom. The summed E-state index contributed by atoms with van der Waals surface area (Å²) in [6.07, 6.45) is 4.87. The molecule has 4 nitrogen and oxygen atoms in total. The molecule has 0 saturated heterocycles. The van der Waals surface area contributed by atoms with E-state index in [2.05, 4.69) is 35.8 Å². The van der Waals surface area contributed by atoms with Crippen molar-refractivity contribution >= 4 is 17.5 Å². The number of halogens is 1. The fraction of sp³-hybridized carbons (Fsp3) is 0.458. The third-order valence-corrected chi connectivity index (χ3v) is 6.17. The van der Waals surface area contributed by atoms with E-state index < -0.39 is 0 Å². The average molecular weight is 415 g/mol. The molecule has 2 aromatic carbocycles. The lowest BCUT2D eigenvalue weighted by atomic mass is 9.94. The summed E-state index contributed by atoms with van der Waals surface area (Å²) in [6, 6.07) is 16.3. The summed E-state index contributed by atoms with van der Waals surface area (Å²) in [6.45, 7) is 3.44. The third kappa shape index (κ3) is 6.30. The van der Waals surface area contributed by atoms with Gasteiger partial charge in [0.1, 0.15) is 0 Å². The van der Waals surface area contributed by atoms with Gasteiger partial charge in [-0.3, -0.25) is 4.79 Å². The zero-order valence-electron chi connectivity index (χ0n) is 17.0. The zero-order valence-corrected chi connectivity index (χ0v) is 17.8. The van der Waals surface area contributed by atoms with E-state index in [0.29, 0.717) is 17.5 Å². The zero-order chi connectivity index (χ0) is 20.6. The van der Waals surface area contributed by atoms with Crippen LogP contribution in [-0.4, -0.2) is 30.7 Å². The lowest BCUT2D eigenvalue weighted by molar-refractivity contribution is 0.0944. The van der Waals surface area contributed by atoms with Crippen LogP contribution >= 0.6 is 11.6 Å². The highest BCUT2D eigenvalue weighted by Gasteiger charge is 2.25. The van der Waals surface area contributed by atoms with Crippen molar-refractivity contribution in [1.29, 1.82) is 0 Å². The van der Waals surface area contributed by atoms with Gasteiger partial charge in [-0.05, 0) is 86.4 Å². The van der Waals surface area contributed by atoms with E-state index in [1.807, 2.05) is 30.3 Å². The second kappa shape index (κ2) is 10.8. The van der Waals surface area contributed by atoms with Gasteiger partial charge in [0.25, 0.3) is 5.91 Å². The van der Waals surface area contributed by atoms with Crippen LogP contribution in [0, 0.1) is 5.92 Å². The molecule has 1 saturated carbocycles. The van der Waals surface area contributed by atoms with Gasteiger partial charge in [-0.2, -0.15) is 0 Å². The highest BCUT2D eigenvalue weighted by Crippen LogP contribution is 2.39. The van der Waals surface area contributed by atoms with Crippen LogP contribution in [0.1, 0.15) is 66.1 Å². The van der Waals surface area contributed by atoms with Crippen molar-refractivity contribution in [3.63, 3.8) is 0 Å². The van der Waals surface area contributed by atoms with E-state index in [-0.39, 0.29) is 19.1 Å². The predicted octanol–water partition coefficient (Wildman–Crippen LogP) is 4.69. The van der Waals surface area contributed by atoms with Crippen molar-refractivity contribution in [2.24, 2.45) is 5.92 Å². The molecule has 0 aromatic heterocycles. The molecule has 3 atom stereocenters. The van der Waals surface area contributed by atoms with Gasteiger partial charge in [0.2, 0.25) is 0 Å². The Labute approximate surface area is 178 Å². The second-order valence-electron chi connectivity index (χ2n) is 8.00. The summed E-state index contributed by atoms with van der Waals surface area (Å²) >= 11 is 6.09. The van der Waals surface area contributed by atoms with Crippen LogP contribution in [0.25, 0.3) is 0 Å². The molecule has 156 valence electrons. The van der Waals surface area contributed by atoms with Gasteiger partial charge in [-0.1, -0.05) is 35.9 Å². The maximum Gasteiger partial charge on any atom is 0.251 e. The number of hydrogen-bond acceptors (Lipinski definition) is 3. The molecule has 1 aliphatic carbocycles. The standard InChI is InChI=1S/C24H31ClN2O2/c1-17(21-3-2-4-23(25)16-21)26-12-11-18-5-6-22(15-18)19-7-9-20(10-8-19)24(29)27-13-14-28/h2-4,7-10,16-18,22,26,28H,5-6,11-15H2,1H3,(H,27,29)/t17-,18?,22+/m1/s1. The number of carbonyl (C=O) groups is 1. The van der Waals surface area contributed by atoms with Gasteiger partial charge >= 0.3 is 0 Å². The number of amides is 1. The third-order valence-electron chi connectivity index (χ3n) is 5.93. The SMILES string of the molecule is C[C@@H](NCCC1CC[C@H](c2ccc(C(=O)NCCO)cc2)C1)c1cccc(Cl)c1. The van der Waals surface area contributed by atoms with E-state index in [9.17, 15) is 4.79 Å². The Bertz CT molecular complexity index is 794. The molecule has 1 unspecified atom stereocenters. The van der Waals surface area contributed by atoms with Gasteiger partial charge in [-0.25, -0.2) is 0 Å². The first-order valence-corrected chi connectivity index (χ1v) is 10.9. The van der Waals surface area contributed by atoms with Gasteiger partial charge in [0.15, 0.2) is 0 Å². The van der Waals surface area contributed by atoms with Crippen molar-refractivity contribution in [2.75, 3.05) is 19.7 Å². The van der Waals surface area contributed by atoms with E-state index in [0.717, 1.165) is 17.5 Å². The monoisotopic (exact) mass is 414 g/mol. The molecule has 0 aliphatic heterocycles. The van der Waals surface area contributed by atoms with E-state index in [1.54, 1.807) is 0 Å². The van der Waals surface area contributed by atoms with Crippen LogP contribution in [0.3, 0.4) is 0 Å². The van der Waals surface area contributed by atoms with Crippen LogP contribution in [-0.2, 0) is 0 Å². The lowest BCUT2D eigenvalue weighted by Crippen LogP contribution is -2.26. The predicted molar refractivity (Wildman–Crippen MR) is 118 cm³/mol. The van der Waals surface area contributed by atoms with Crippen LogP contribution in [0.5, 0.6) is 0 Å². The summed E-state index contributed by atoms with van der Waals surface area (Å²) < 4.78 is 0. The minimum atomic E-state index is -0.130. The molecule has 0 heterocycles. The quantitative estimate of drug-likeness (QED) is 0.558. The fourth-order valence-corrected chi connectivity index (χ4v) is 4.41. The number of benzene rings is 2. The number of aliphatic hydroxyl groups is 1. The van der Waals surface area contributed by atoms with Crippen LogP contribution in [0.2, 0.25) is 5.02 Å². The van der Waals surface area contributed by atoms with Crippen LogP contribution < -0.4 is 10.6 Å². The van der Waals surface area contributed by atoms with E-state index in [1.165, 1.54) is 36.8 Å². The molecule has 0 spiro atoms. The first kappa shape index (κ1) is 21.8. The maximum absolute atomic E-state index is 11.9. The molecular formula is C24H31ClN2O2. The Balaban J connectivity index is 1.43. The molecule has 5 heteroatoms. The van der Waals surface area contributed by atoms with Crippen molar-refractivity contribution in [1.82, 2.24) is 10.6 Å². The highest BCUT2D eigenvalue weighted by atomic mass is 35.5. The molecule has 3 rings (SSSR count). The number of aliphatic hydroxyl groups excluding tert-OH is 1. The minimum absolute atomic E-state index is 0.0417. The fourth-order valence-electron chi connectivity index (χ4n) is 4.22. The number of rotatable bonds is 9. The van der Waals surface area contributed by atoms with Crippen molar-refractivity contribution < 1.29 is 9.90 Å². The average Bonchev–Trinajstić information content (AvgIpc) is 3.21. The van der Waals surface area contributed by atoms with Gasteiger partial charge in [0.05, 0.1) is 6.61 Å². The summed E-state index contributed by atoms with van der Waals surface area (Å²) in [5.41, 5.74) is 3.20.